The van der Waals surface area contributed by atoms with Crippen LogP contribution in [-0.2, 0) is 0 Å². The van der Waals surface area contributed by atoms with Crippen molar-refractivity contribution in [3.8, 4) is 68.8 Å². The molecule has 0 aromatic heterocycles. The Hall–Kier alpha value is -7.24. The van der Waals surface area contributed by atoms with Crippen molar-refractivity contribution in [1.29, 1.82) is 21.0 Å². The van der Waals surface area contributed by atoms with Gasteiger partial charge < -0.3 is 0 Å². The summed E-state index contributed by atoms with van der Waals surface area (Å²) in [5, 5.41) is 47.9. The number of nitriles is 4. The van der Waals surface area contributed by atoms with Gasteiger partial charge in [-0.05, 0) is 148 Å². The molecular formula is C44H20N4. The van der Waals surface area contributed by atoms with Crippen LogP contribution >= 0.6 is 0 Å². The summed E-state index contributed by atoms with van der Waals surface area (Å²) in [6.45, 7) is 0. The Bertz CT molecular complexity index is 2870. The number of hydrogen-bond donors (Lipinski definition) is 0. The van der Waals surface area contributed by atoms with Crippen LogP contribution in [0.3, 0.4) is 0 Å². The molecule has 0 unspecified atom stereocenters. The first-order chi connectivity index (χ1) is 23.6. The van der Waals surface area contributed by atoms with E-state index < -0.39 is 0 Å². The molecule has 0 amide bonds. The van der Waals surface area contributed by atoms with Crippen molar-refractivity contribution >= 4 is 43.1 Å². The van der Waals surface area contributed by atoms with Crippen LogP contribution in [0.2, 0.25) is 0 Å². The normalized spacial score (nSPS) is 11.2. The van der Waals surface area contributed by atoms with Crippen LogP contribution in [0.1, 0.15) is 22.3 Å². The van der Waals surface area contributed by atoms with Gasteiger partial charge in [0.2, 0.25) is 0 Å². The van der Waals surface area contributed by atoms with Crippen LogP contribution in [0.25, 0.3) is 87.6 Å². The van der Waals surface area contributed by atoms with E-state index in [1.165, 1.54) is 21.9 Å². The third kappa shape index (κ3) is 3.85. The van der Waals surface area contributed by atoms with Gasteiger partial charge in [0.1, 0.15) is 0 Å². The van der Waals surface area contributed by atoms with E-state index in [-0.39, 0.29) is 0 Å². The zero-order valence-electron chi connectivity index (χ0n) is 25.3. The van der Waals surface area contributed by atoms with E-state index in [1.807, 2.05) is 36.4 Å². The van der Waals surface area contributed by atoms with Crippen molar-refractivity contribution < 1.29 is 0 Å². The van der Waals surface area contributed by atoms with Crippen molar-refractivity contribution in [2.24, 2.45) is 0 Å². The smallest absolute Gasteiger partial charge is 0.0992 e. The monoisotopic (exact) mass is 604 g/mol. The van der Waals surface area contributed by atoms with Crippen LogP contribution in [0.4, 0.5) is 0 Å². The second-order valence-electron chi connectivity index (χ2n) is 12.2. The fourth-order valence-corrected chi connectivity index (χ4v) is 7.58. The van der Waals surface area contributed by atoms with Crippen LogP contribution in [0, 0.1) is 45.3 Å². The lowest BCUT2D eigenvalue weighted by Crippen LogP contribution is -1.92. The predicted octanol–water partition coefficient (Wildman–Crippen LogP) is 10.8. The molecule has 0 saturated carbocycles. The van der Waals surface area contributed by atoms with Gasteiger partial charge >= 0.3 is 0 Å². The van der Waals surface area contributed by atoms with Gasteiger partial charge in [-0.15, -0.1) is 0 Å². The van der Waals surface area contributed by atoms with Crippen molar-refractivity contribution in [2.45, 2.75) is 0 Å². The molecule has 48 heavy (non-hydrogen) atoms. The lowest BCUT2D eigenvalue weighted by Gasteiger charge is -2.18. The molecule has 1 aliphatic carbocycles. The minimum absolute atomic E-state index is 0.432. The Morgan fingerprint density at radius 2 is 0.729 bits per heavy atom. The van der Waals surface area contributed by atoms with E-state index in [2.05, 4.69) is 97.1 Å². The maximum absolute atomic E-state index is 9.88. The van der Waals surface area contributed by atoms with E-state index in [9.17, 15) is 21.0 Å². The zero-order valence-corrected chi connectivity index (χ0v) is 25.3. The number of nitrogens with zero attached hydrogens (tertiary/aromatic N) is 4. The molecule has 0 saturated heterocycles. The van der Waals surface area contributed by atoms with Crippen LogP contribution in [0.15, 0.2) is 121 Å². The first-order valence-electron chi connectivity index (χ1n) is 15.5. The maximum Gasteiger partial charge on any atom is 0.0992 e. The first kappa shape index (κ1) is 27.1. The van der Waals surface area contributed by atoms with Crippen molar-refractivity contribution in [3.05, 3.63) is 144 Å². The average Bonchev–Trinajstić information content (AvgIpc) is 3.46. The van der Waals surface area contributed by atoms with Crippen molar-refractivity contribution in [2.75, 3.05) is 0 Å². The number of rotatable bonds is 2. The van der Waals surface area contributed by atoms with Gasteiger partial charge in [-0.2, -0.15) is 21.0 Å². The largest absolute Gasteiger partial charge is 0.192 e. The number of hydrogen-bond acceptors (Lipinski definition) is 4. The minimum Gasteiger partial charge on any atom is -0.192 e. The van der Waals surface area contributed by atoms with Gasteiger partial charge in [-0.3, -0.25) is 0 Å². The molecule has 0 atom stereocenters. The first-order valence-corrected chi connectivity index (χ1v) is 15.5. The van der Waals surface area contributed by atoms with E-state index in [1.54, 1.807) is 12.1 Å². The standard InChI is InChI=1S/C44H20N4/c45-21-25-11-26(22-46)14-30(13-25)36-17-42-38(33-8-2-1-7-32(33)36)18-37(31-15-27(23-47)12-28(16-31)24-48)41-19-39-34-9-3-5-29-6-4-10-35(44(29)34)40(39)20-43(41)42/h1-20H. The van der Waals surface area contributed by atoms with Gasteiger partial charge in [0, 0.05) is 0 Å². The minimum atomic E-state index is 0.432. The quantitative estimate of drug-likeness (QED) is 0.183. The summed E-state index contributed by atoms with van der Waals surface area (Å²) in [4.78, 5) is 0. The summed E-state index contributed by atoms with van der Waals surface area (Å²) in [5.41, 5.74) is 9.90. The van der Waals surface area contributed by atoms with E-state index >= 15 is 0 Å². The molecule has 0 aliphatic heterocycles. The second-order valence-corrected chi connectivity index (χ2v) is 12.2. The van der Waals surface area contributed by atoms with Gasteiger partial charge in [-0.25, -0.2) is 0 Å². The molecule has 4 heteroatoms. The highest BCUT2D eigenvalue weighted by molar-refractivity contribution is 6.27. The molecule has 1 aliphatic rings. The maximum atomic E-state index is 9.88. The average molecular weight is 605 g/mol. The van der Waals surface area contributed by atoms with E-state index in [0.29, 0.717) is 22.3 Å². The highest BCUT2D eigenvalue weighted by Gasteiger charge is 2.24. The SMILES string of the molecule is N#Cc1cc(C#N)cc(-c2cc3c4cc5c(cc4c(-c4cc(C#N)cc(C#N)c4)cc3c3ccccc23)-c2cccc3cccc-5c23)c1. The van der Waals surface area contributed by atoms with Gasteiger partial charge in [0.15, 0.2) is 0 Å². The summed E-state index contributed by atoms with van der Waals surface area (Å²) in [6.07, 6.45) is 0. The highest BCUT2D eigenvalue weighted by atomic mass is 14.3. The lowest BCUT2D eigenvalue weighted by atomic mass is 9.85. The molecule has 0 radical (unpaired) electrons. The molecule has 0 heterocycles. The zero-order chi connectivity index (χ0) is 32.5. The molecule has 4 nitrogen and oxygen atoms in total. The van der Waals surface area contributed by atoms with Crippen LogP contribution in [-0.4, -0.2) is 0 Å². The van der Waals surface area contributed by atoms with Gasteiger partial charge in [0.05, 0.1) is 46.5 Å². The van der Waals surface area contributed by atoms with Crippen LogP contribution in [0.5, 0.6) is 0 Å². The van der Waals surface area contributed by atoms with Crippen molar-refractivity contribution in [3.63, 3.8) is 0 Å². The second kappa shape index (κ2) is 10.1. The Labute approximate surface area is 275 Å². The highest BCUT2D eigenvalue weighted by Crippen LogP contribution is 2.51. The van der Waals surface area contributed by atoms with Gasteiger partial charge in [-0.1, -0.05) is 60.7 Å². The lowest BCUT2D eigenvalue weighted by molar-refractivity contribution is 1.45. The summed E-state index contributed by atoms with van der Waals surface area (Å²) in [6, 6.07) is 49.5. The molecule has 8 aromatic rings. The molecule has 0 spiro atoms. The third-order valence-electron chi connectivity index (χ3n) is 9.60. The fourth-order valence-electron chi connectivity index (χ4n) is 7.58. The Morgan fingerprint density at radius 3 is 1.25 bits per heavy atom. The Morgan fingerprint density at radius 1 is 0.312 bits per heavy atom. The molecular weight excluding hydrogens is 585 g/mol. The molecule has 0 bridgehead atoms. The number of fused-ring (bicyclic) bond motifs is 8. The summed E-state index contributed by atoms with van der Waals surface area (Å²) >= 11 is 0. The molecule has 0 N–H and O–H groups in total. The fraction of sp³-hybridized carbons (Fsp3) is 0. The topological polar surface area (TPSA) is 95.2 Å². The summed E-state index contributed by atoms with van der Waals surface area (Å²) < 4.78 is 0. The predicted molar refractivity (Wildman–Crippen MR) is 191 cm³/mol. The number of benzene rings is 8. The Balaban J connectivity index is 1.48. The Kier molecular flexibility index (Phi) is 5.72. The van der Waals surface area contributed by atoms with Crippen LogP contribution < -0.4 is 0 Å². The molecule has 8 aromatic carbocycles. The molecule has 0 fully saturated rings. The molecule has 216 valence electrons. The van der Waals surface area contributed by atoms with Gasteiger partial charge in [0.25, 0.3) is 0 Å². The summed E-state index contributed by atoms with van der Waals surface area (Å²) in [5.74, 6) is 0. The van der Waals surface area contributed by atoms with Crippen molar-refractivity contribution in [1.82, 2.24) is 0 Å². The summed E-state index contributed by atoms with van der Waals surface area (Å²) in [7, 11) is 0. The van der Waals surface area contributed by atoms with E-state index in [4.69, 9.17) is 0 Å². The third-order valence-corrected chi connectivity index (χ3v) is 9.60. The molecule has 9 rings (SSSR count). The van der Waals surface area contributed by atoms with E-state index in [0.717, 1.165) is 65.7 Å².